The molecule has 0 aromatic heterocycles. The van der Waals surface area contributed by atoms with Gasteiger partial charge >= 0.3 is 0 Å². The van der Waals surface area contributed by atoms with Crippen LogP contribution in [0, 0.1) is 6.92 Å². The highest BCUT2D eigenvalue weighted by Gasteiger charge is 2.11. The summed E-state index contributed by atoms with van der Waals surface area (Å²) in [6, 6.07) is 18.2. The molecule has 0 amide bonds. The van der Waals surface area contributed by atoms with Gasteiger partial charge < -0.3 is 0 Å². The molecule has 2 heteroatoms. The van der Waals surface area contributed by atoms with Crippen LogP contribution in [-0.2, 0) is 10.8 Å². The summed E-state index contributed by atoms with van der Waals surface area (Å²) in [6.07, 6.45) is 0. The van der Waals surface area contributed by atoms with Crippen LogP contribution in [-0.4, -0.2) is 9.96 Å². The van der Waals surface area contributed by atoms with Gasteiger partial charge in [-0.25, -0.2) is 0 Å². The molecule has 0 bridgehead atoms. The fourth-order valence-electron chi connectivity index (χ4n) is 1.89. The number of benzene rings is 2. The molecule has 0 aliphatic rings. The van der Waals surface area contributed by atoms with Crippen molar-refractivity contribution in [1.29, 1.82) is 0 Å². The van der Waals surface area contributed by atoms with Gasteiger partial charge in [-0.15, -0.1) is 0 Å². The van der Waals surface area contributed by atoms with E-state index in [0.29, 0.717) is 11.7 Å². The Bertz CT molecular complexity index is 517. The molecular weight excluding hydrogens is 240 g/mol. The molecule has 0 heterocycles. The van der Waals surface area contributed by atoms with E-state index < -0.39 is 10.8 Å². The average Bonchev–Trinajstić information content (AvgIpc) is 2.40. The van der Waals surface area contributed by atoms with E-state index in [2.05, 4.69) is 19.1 Å². The minimum absolute atomic E-state index is 0.313. The van der Waals surface area contributed by atoms with E-state index in [4.69, 9.17) is 0 Å². The number of hydrogen-bond acceptors (Lipinski definition) is 1. The highest BCUT2D eigenvalue weighted by Crippen LogP contribution is 2.19. The van der Waals surface area contributed by atoms with Crippen LogP contribution in [0.1, 0.15) is 24.0 Å². The maximum atomic E-state index is 12.3. The van der Waals surface area contributed by atoms with Crippen molar-refractivity contribution in [3.05, 3.63) is 65.7 Å². The molecule has 1 nitrogen and oxygen atoms in total. The Labute approximate surface area is 111 Å². The molecule has 0 spiro atoms. The van der Waals surface area contributed by atoms with Crippen molar-refractivity contribution in [1.82, 2.24) is 0 Å². The van der Waals surface area contributed by atoms with E-state index in [9.17, 15) is 4.21 Å². The van der Waals surface area contributed by atoms with Crippen molar-refractivity contribution in [2.24, 2.45) is 0 Å². The van der Waals surface area contributed by atoms with Gasteiger partial charge in [-0.2, -0.15) is 0 Å². The van der Waals surface area contributed by atoms with Gasteiger partial charge in [-0.05, 0) is 30.5 Å². The molecule has 2 aromatic carbocycles. The molecule has 0 fully saturated rings. The molecule has 94 valence electrons. The van der Waals surface area contributed by atoms with E-state index in [1.807, 2.05) is 49.4 Å². The highest BCUT2D eigenvalue weighted by molar-refractivity contribution is 7.85. The molecule has 18 heavy (non-hydrogen) atoms. The third kappa shape index (κ3) is 3.30. The van der Waals surface area contributed by atoms with Gasteiger partial charge in [-0.3, -0.25) is 4.21 Å². The lowest BCUT2D eigenvalue weighted by molar-refractivity contribution is 0.677. The molecule has 0 saturated carbocycles. The first-order valence-electron chi connectivity index (χ1n) is 6.17. The Hall–Kier alpha value is -1.41. The fraction of sp³-hybridized carbons (Fsp3) is 0.250. The van der Waals surface area contributed by atoms with Gasteiger partial charge in [0.15, 0.2) is 0 Å². The molecule has 2 rings (SSSR count). The lowest BCUT2D eigenvalue weighted by Gasteiger charge is -2.11. The molecular formula is C16H18OS. The maximum absolute atomic E-state index is 12.3. The van der Waals surface area contributed by atoms with Crippen molar-refractivity contribution < 1.29 is 4.21 Å². The Morgan fingerprint density at radius 1 is 1.00 bits per heavy atom. The predicted molar refractivity (Wildman–Crippen MR) is 77.3 cm³/mol. The van der Waals surface area contributed by atoms with Crippen LogP contribution < -0.4 is 0 Å². The lowest BCUT2D eigenvalue weighted by atomic mass is 10.0. The predicted octanol–water partition coefficient (Wildman–Crippen LogP) is 3.91. The van der Waals surface area contributed by atoms with Crippen LogP contribution in [0.15, 0.2) is 59.5 Å². The maximum Gasteiger partial charge on any atom is 0.0535 e. The Morgan fingerprint density at radius 2 is 1.61 bits per heavy atom. The first kappa shape index (κ1) is 13.0. The number of aryl methyl sites for hydroxylation is 1. The molecule has 2 aromatic rings. The average molecular weight is 258 g/mol. The second-order valence-electron chi connectivity index (χ2n) is 4.64. The van der Waals surface area contributed by atoms with E-state index in [0.717, 1.165) is 4.90 Å². The molecule has 0 saturated heterocycles. The van der Waals surface area contributed by atoms with E-state index in [-0.39, 0.29) is 0 Å². The number of rotatable bonds is 4. The Morgan fingerprint density at radius 3 is 2.22 bits per heavy atom. The zero-order valence-corrected chi connectivity index (χ0v) is 11.6. The highest BCUT2D eigenvalue weighted by atomic mass is 32.2. The van der Waals surface area contributed by atoms with Gasteiger partial charge in [0.1, 0.15) is 0 Å². The summed E-state index contributed by atoms with van der Waals surface area (Å²) in [5.74, 6) is 0.987. The second-order valence-corrected chi connectivity index (χ2v) is 6.13. The van der Waals surface area contributed by atoms with Crippen molar-refractivity contribution in [3.8, 4) is 0 Å². The summed E-state index contributed by atoms with van der Waals surface area (Å²) in [4.78, 5) is 0.920. The first-order valence-corrected chi connectivity index (χ1v) is 7.48. The monoisotopic (exact) mass is 258 g/mol. The topological polar surface area (TPSA) is 17.1 Å². The Kier molecular flexibility index (Phi) is 4.32. The smallest absolute Gasteiger partial charge is 0.0535 e. The quantitative estimate of drug-likeness (QED) is 0.812. The van der Waals surface area contributed by atoms with Crippen molar-refractivity contribution in [2.75, 3.05) is 5.75 Å². The van der Waals surface area contributed by atoms with E-state index in [1.54, 1.807) is 0 Å². The van der Waals surface area contributed by atoms with Crippen LogP contribution in [0.5, 0.6) is 0 Å². The van der Waals surface area contributed by atoms with Gasteiger partial charge in [0.25, 0.3) is 0 Å². The van der Waals surface area contributed by atoms with Crippen molar-refractivity contribution >= 4 is 10.8 Å². The Balaban J connectivity index is 2.06. The summed E-state index contributed by atoms with van der Waals surface area (Å²) >= 11 is 0. The van der Waals surface area contributed by atoms with Crippen LogP contribution in [0.4, 0.5) is 0 Å². The number of hydrogen-bond donors (Lipinski definition) is 0. The summed E-state index contributed by atoms with van der Waals surface area (Å²) in [7, 11) is -0.922. The molecule has 0 aliphatic heterocycles. The summed E-state index contributed by atoms with van der Waals surface area (Å²) in [6.45, 7) is 4.17. The minimum atomic E-state index is -0.922. The SMILES string of the molecule is Cc1ccc([S@@](=O)C[C@H](C)c2ccccc2)cc1. The summed E-state index contributed by atoms with van der Waals surface area (Å²) < 4.78 is 12.3. The summed E-state index contributed by atoms with van der Waals surface area (Å²) in [5, 5.41) is 0. The van der Waals surface area contributed by atoms with Gasteiger partial charge in [0, 0.05) is 10.6 Å². The van der Waals surface area contributed by atoms with Gasteiger partial charge in [-0.1, -0.05) is 55.0 Å². The normalized spacial score (nSPS) is 14.1. The van der Waals surface area contributed by atoms with Crippen LogP contribution in [0.3, 0.4) is 0 Å². The lowest BCUT2D eigenvalue weighted by Crippen LogP contribution is -2.06. The standard InChI is InChI=1S/C16H18OS/c1-13-8-10-16(11-9-13)18(17)12-14(2)15-6-4-3-5-7-15/h3-11,14H,12H2,1-2H3/t14-,18-/m0/s1. The third-order valence-corrected chi connectivity index (χ3v) is 4.65. The van der Waals surface area contributed by atoms with Crippen molar-refractivity contribution in [3.63, 3.8) is 0 Å². The fourth-order valence-corrected chi connectivity index (χ4v) is 3.17. The molecule has 0 unspecified atom stereocenters. The van der Waals surface area contributed by atoms with Crippen LogP contribution >= 0.6 is 0 Å². The molecule has 0 radical (unpaired) electrons. The zero-order chi connectivity index (χ0) is 13.0. The molecule has 0 N–H and O–H groups in total. The first-order chi connectivity index (χ1) is 8.66. The zero-order valence-electron chi connectivity index (χ0n) is 10.8. The van der Waals surface area contributed by atoms with E-state index >= 15 is 0 Å². The molecule has 2 atom stereocenters. The minimum Gasteiger partial charge on any atom is -0.254 e. The van der Waals surface area contributed by atoms with Gasteiger partial charge in [0.05, 0.1) is 10.8 Å². The van der Waals surface area contributed by atoms with Crippen LogP contribution in [0.25, 0.3) is 0 Å². The van der Waals surface area contributed by atoms with Crippen LogP contribution in [0.2, 0.25) is 0 Å². The second kappa shape index (κ2) is 5.96. The molecule has 0 aliphatic carbocycles. The largest absolute Gasteiger partial charge is 0.254 e. The third-order valence-electron chi connectivity index (χ3n) is 3.05. The van der Waals surface area contributed by atoms with Crippen molar-refractivity contribution in [2.45, 2.75) is 24.7 Å². The summed E-state index contributed by atoms with van der Waals surface area (Å²) in [5.41, 5.74) is 2.45. The van der Waals surface area contributed by atoms with Gasteiger partial charge in [0.2, 0.25) is 0 Å². The van der Waals surface area contributed by atoms with E-state index in [1.165, 1.54) is 11.1 Å².